The van der Waals surface area contributed by atoms with E-state index in [0.29, 0.717) is 12.6 Å². The van der Waals surface area contributed by atoms with Gasteiger partial charge in [0, 0.05) is 24.0 Å². The molecule has 0 aliphatic carbocycles. The van der Waals surface area contributed by atoms with Crippen LogP contribution in [-0.2, 0) is 13.1 Å². The van der Waals surface area contributed by atoms with Crippen molar-refractivity contribution in [2.45, 2.75) is 33.0 Å². The van der Waals surface area contributed by atoms with Gasteiger partial charge in [0.15, 0.2) is 0 Å². The molecule has 0 unspecified atom stereocenters. The highest BCUT2D eigenvalue weighted by molar-refractivity contribution is 9.10. The quantitative estimate of drug-likeness (QED) is 0.842. The number of aromatic nitrogens is 2. The van der Waals surface area contributed by atoms with E-state index in [-0.39, 0.29) is 16.6 Å². The minimum Gasteiger partial charge on any atom is -0.329 e. The predicted octanol–water partition coefficient (Wildman–Crippen LogP) is 3.47. The highest BCUT2D eigenvalue weighted by Gasteiger charge is 2.14. The largest absolute Gasteiger partial charge is 0.329 e. The van der Waals surface area contributed by atoms with Crippen LogP contribution in [0.4, 0.5) is 8.78 Å². The third-order valence-corrected chi connectivity index (χ3v) is 3.55. The fraction of sp³-hybridized carbons (Fsp3) is 0.357. The van der Waals surface area contributed by atoms with Gasteiger partial charge in [-0.25, -0.2) is 13.8 Å². The lowest BCUT2D eigenvalue weighted by molar-refractivity contribution is 0.523. The van der Waals surface area contributed by atoms with E-state index in [9.17, 15) is 8.78 Å². The van der Waals surface area contributed by atoms with Gasteiger partial charge in [-0.15, -0.1) is 0 Å². The van der Waals surface area contributed by atoms with Crippen LogP contribution in [0.2, 0.25) is 0 Å². The molecule has 0 bridgehead atoms. The van der Waals surface area contributed by atoms with Gasteiger partial charge in [-0.05, 0) is 28.1 Å². The van der Waals surface area contributed by atoms with Crippen molar-refractivity contribution < 1.29 is 8.78 Å². The van der Waals surface area contributed by atoms with Gasteiger partial charge >= 0.3 is 0 Å². The summed E-state index contributed by atoms with van der Waals surface area (Å²) in [6.45, 7) is 4.73. The Kier molecular flexibility index (Phi) is 4.88. The van der Waals surface area contributed by atoms with Crippen molar-refractivity contribution in [1.82, 2.24) is 14.9 Å². The zero-order chi connectivity index (χ0) is 14.7. The molecule has 2 rings (SSSR count). The van der Waals surface area contributed by atoms with Gasteiger partial charge in [-0.2, -0.15) is 0 Å². The van der Waals surface area contributed by atoms with E-state index in [1.54, 1.807) is 17.0 Å². The normalized spacial score (nSPS) is 11.3. The molecular formula is C14H16BrF2N3. The van der Waals surface area contributed by atoms with E-state index in [1.807, 2.05) is 13.8 Å². The Balaban J connectivity index is 2.23. The number of nitrogens with one attached hydrogen (secondary N) is 1. The molecule has 0 saturated heterocycles. The highest BCUT2D eigenvalue weighted by Crippen LogP contribution is 2.22. The Hall–Kier alpha value is -1.27. The number of imidazole rings is 1. The fourth-order valence-corrected chi connectivity index (χ4v) is 2.20. The molecule has 3 nitrogen and oxygen atoms in total. The number of hydrogen-bond acceptors (Lipinski definition) is 2. The Bertz CT molecular complexity index is 596. The first kappa shape index (κ1) is 15.1. The Morgan fingerprint density at radius 2 is 2.10 bits per heavy atom. The standard InChI is InChI=1S/C14H16BrF2N3/c1-9(2)19-7-13-18-5-6-20(13)8-10-12(16)4-3-11(15)14(10)17/h3-6,9,19H,7-8H2,1-2H3. The molecule has 1 N–H and O–H groups in total. The number of halogens is 3. The van der Waals surface area contributed by atoms with Gasteiger partial charge in [0.1, 0.15) is 17.5 Å². The molecule has 0 aliphatic rings. The molecule has 1 aromatic heterocycles. The summed E-state index contributed by atoms with van der Waals surface area (Å²) < 4.78 is 29.7. The zero-order valence-electron chi connectivity index (χ0n) is 11.3. The molecule has 0 amide bonds. The van der Waals surface area contributed by atoms with Crippen LogP contribution in [0.15, 0.2) is 29.0 Å². The van der Waals surface area contributed by atoms with Crippen LogP contribution >= 0.6 is 15.9 Å². The summed E-state index contributed by atoms with van der Waals surface area (Å²) in [6.07, 6.45) is 3.35. The number of nitrogens with zero attached hydrogens (tertiary/aromatic N) is 2. The maximum absolute atomic E-state index is 14.0. The van der Waals surface area contributed by atoms with Crippen molar-refractivity contribution in [2.24, 2.45) is 0 Å². The summed E-state index contributed by atoms with van der Waals surface area (Å²) in [4.78, 5) is 4.21. The van der Waals surface area contributed by atoms with Crippen molar-refractivity contribution in [3.63, 3.8) is 0 Å². The molecule has 1 heterocycles. The minimum atomic E-state index is -0.568. The Morgan fingerprint density at radius 1 is 1.35 bits per heavy atom. The van der Waals surface area contributed by atoms with Crippen molar-refractivity contribution >= 4 is 15.9 Å². The van der Waals surface area contributed by atoms with Crippen LogP contribution in [0.1, 0.15) is 25.2 Å². The summed E-state index contributed by atoms with van der Waals surface area (Å²) in [7, 11) is 0. The van der Waals surface area contributed by atoms with Gasteiger partial charge in [0.05, 0.1) is 17.6 Å². The molecule has 0 radical (unpaired) electrons. The SMILES string of the molecule is CC(C)NCc1nccn1Cc1c(F)ccc(Br)c1F. The maximum atomic E-state index is 14.0. The maximum Gasteiger partial charge on any atom is 0.145 e. The van der Waals surface area contributed by atoms with Crippen LogP contribution in [0.25, 0.3) is 0 Å². The second kappa shape index (κ2) is 6.45. The van der Waals surface area contributed by atoms with Gasteiger partial charge in [-0.3, -0.25) is 0 Å². The van der Waals surface area contributed by atoms with E-state index < -0.39 is 11.6 Å². The topological polar surface area (TPSA) is 29.9 Å². The summed E-state index contributed by atoms with van der Waals surface area (Å²) in [6, 6.07) is 2.94. The van der Waals surface area contributed by atoms with Gasteiger partial charge < -0.3 is 9.88 Å². The highest BCUT2D eigenvalue weighted by atomic mass is 79.9. The summed E-state index contributed by atoms with van der Waals surface area (Å²) in [5.41, 5.74) is 0.0307. The number of rotatable bonds is 5. The molecule has 1 aromatic carbocycles. The first-order valence-electron chi connectivity index (χ1n) is 6.34. The molecule has 0 atom stereocenters. The molecule has 0 saturated carbocycles. The predicted molar refractivity (Wildman–Crippen MR) is 77.4 cm³/mol. The number of benzene rings is 1. The van der Waals surface area contributed by atoms with Crippen LogP contribution < -0.4 is 5.32 Å². The van der Waals surface area contributed by atoms with Gasteiger partial charge in [-0.1, -0.05) is 13.8 Å². The Morgan fingerprint density at radius 3 is 2.80 bits per heavy atom. The molecule has 0 spiro atoms. The second-order valence-corrected chi connectivity index (χ2v) is 5.68. The van der Waals surface area contributed by atoms with Crippen LogP contribution in [-0.4, -0.2) is 15.6 Å². The number of hydrogen-bond donors (Lipinski definition) is 1. The third kappa shape index (κ3) is 3.43. The average Bonchev–Trinajstić information content (AvgIpc) is 2.84. The van der Waals surface area contributed by atoms with Crippen LogP contribution in [0.3, 0.4) is 0 Å². The van der Waals surface area contributed by atoms with Crippen molar-refractivity contribution in [1.29, 1.82) is 0 Å². The smallest absolute Gasteiger partial charge is 0.145 e. The molecule has 6 heteroatoms. The molecule has 0 fully saturated rings. The van der Waals surface area contributed by atoms with E-state index in [2.05, 4.69) is 26.2 Å². The second-order valence-electron chi connectivity index (χ2n) is 4.83. The molecule has 20 heavy (non-hydrogen) atoms. The van der Waals surface area contributed by atoms with Crippen molar-refractivity contribution in [3.05, 3.63) is 52.0 Å². The molecule has 0 aliphatic heterocycles. The lowest BCUT2D eigenvalue weighted by Gasteiger charge is -2.12. The first-order chi connectivity index (χ1) is 9.49. The van der Waals surface area contributed by atoms with E-state index in [1.165, 1.54) is 12.1 Å². The monoisotopic (exact) mass is 343 g/mol. The average molecular weight is 344 g/mol. The molecule has 108 valence electrons. The Labute approximate surface area is 125 Å². The van der Waals surface area contributed by atoms with Crippen LogP contribution in [0.5, 0.6) is 0 Å². The van der Waals surface area contributed by atoms with E-state index in [4.69, 9.17) is 0 Å². The lowest BCUT2D eigenvalue weighted by Crippen LogP contribution is -2.24. The lowest BCUT2D eigenvalue weighted by atomic mass is 10.2. The zero-order valence-corrected chi connectivity index (χ0v) is 12.9. The minimum absolute atomic E-state index is 0.0307. The summed E-state index contributed by atoms with van der Waals surface area (Å²) >= 11 is 3.07. The van der Waals surface area contributed by atoms with E-state index in [0.717, 1.165) is 5.82 Å². The van der Waals surface area contributed by atoms with Gasteiger partial charge in [0.2, 0.25) is 0 Å². The van der Waals surface area contributed by atoms with Crippen molar-refractivity contribution in [2.75, 3.05) is 0 Å². The molecular weight excluding hydrogens is 328 g/mol. The summed E-state index contributed by atoms with van der Waals surface area (Å²) in [5, 5.41) is 3.23. The van der Waals surface area contributed by atoms with Crippen LogP contribution in [0, 0.1) is 11.6 Å². The third-order valence-electron chi connectivity index (χ3n) is 2.94. The van der Waals surface area contributed by atoms with Gasteiger partial charge in [0.25, 0.3) is 0 Å². The molecule has 2 aromatic rings. The first-order valence-corrected chi connectivity index (χ1v) is 7.14. The summed E-state index contributed by atoms with van der Waals surface area (Å²) in [5.74, 6) is -0.374. The van der Waals surface area contributed by atoms with Crippen molar-refractivity contribution in [3.8, 4) is 0 Å². The fourth-order valence-electron chi connectivity index (χ4n) is 1.83. The van der Waals surface area contributed by atoms with E-state index >= 15 is 0 Å².